The highest BCUT2D eigenvalue weighted by Crippen LogP contribution is 2.33. The number of aryl methyl sites for hydroxylation is 1. The number of hydrogen-bond acceptors (Lipinski definition) is 6. The Morgan fingerprint density at radius 2 is 1.77 bits per heavy atom. The highest BCUT2D eigenvalue weighted by molar-refractivity contribution is 5.99. The third-order valence-electron chi connectivity index (χ3n) is 6.16. The summed E-state index contributed by atoms with van der Waals surface area (Å²) in [4.78, 5) is 38.7. The summed E-state index contributed by atoms with van der Waals surface area (Å²) in [7, 11) is 0. The van der Waals surface area contributed by atoms with Gasteiger partial charge in [0.2, 0.25) is 5.95 Å². The van der Waals surface area contributed by atoms with Gasteiger partial charge in [-0.2, -0.15) is 0 Å². The molecule has 158 valence electrons. The number of piperazine rings is 1. The van der Waals surface area contributed by atoms with Crippen molar-refractivity contribution in [2.75, 3.05) is 31.1 Å². The molecule has 7 nitrogen and oxygen atoms in total. The van der Waals surface area contributed by atoms with Crippen molar-refractivity contribution in [2.45, 2.75) is 25.7 Å². The molecule has 3 heterocycles. The Labute approximate surface area is 180 Å². The molecule has 1 aromatic carbocycles. The van der Waals surface area contributed by atoms with Crippen LogP contribution in [0.1, 0.15) is 50.2 Å². The molecule has 1 fully saturated rings. The summed E-state index contributed by atoms with van der Waals surface area (Å²) >= 11 is 0. The monoisotopic (exact) mass is 416 g/mol. The average molecular weight is 416 g/mol. The number of benzene rings is 1. The van der Waals surface area contributed by atoms with Gasteiger partial charge in [-0.1, -0.05) is 30.3 Å². The lowest BCUT2D eigenvalue weighted by Gasteiger charge is -2.35. The average Bonchev–Trinajstić information content (AvgIpc) is 3.34. The minimum Gasteiger partial charge on any atom is -0.459 e. The number of carbonyl (C=O) groups excluding carboxylic acids is 2. The largest absolute Gasteiger partial charge is 0.459 e. The van der Waals surface area contributed by atoms with Crippen LogP contribution < -0.4 is 4.90 Å². The zero-order valence-electron chi connectivity index (χ0n) is 17.5. The fourth-order valence-electron chi connectivity index (χ4n) is 4.53. The summed E-state index contributed by atoms with van der Waals surface area (Å²) in [5.41, 5.74) is 3.43. The SMILES string of the molecule is Cc1nc(N2CCN(C(=O)c3ccco3)CC2)nc2c1C(=O)CC(c1ccccc1)C2. The zero-order valence-corrected chi connectivity index (χ0v) is 17.5. The topological polar surface area (TPSA) is 79.5 Å². The molecule has 0 N–H and O–H groups in total. The van der Waals surface area contributed by atoms with Crippen LogP contribution >= 0.6 is 0 Å². The van der Waals surface area contributed by atoms with Crippen LogP contribution in [0.3, 0.4) is 0 Å². The fraction of sp³-hybridized carbons (Fsp3) is 0.333. The molecule has 0 spiro atoms. The van der Waals surface area contributed by atoms with Crippen molar-refractivity contribution in [1.29, 1.82) is 0 Å². The predicted octanol–water partition coefficient (Wildman–Crippen LogP) is 3.25. The number of rotatable bonds is 3. The second-order valence-corrected chi connectivity index (χ2v) is 8.13. The Morgan fingerprint density at radius 3 is 2.48 bits per heavy atom. The van der Waals surface area contributed by atoms with E-state index in [1.54, 1.807) is 17.0 Å². The molecular formula is C24H24N4O3. The molecule has 2 aromatic heterocycles. The first-order chi connectivity index (χ1) is 15.1. The van der Waals surface area contributed by atoms with E-state index in [2.05, 4.69) is 22.0 Å². The first-order valence-corrected chi connectivity index (χ1v) is 10.6. The molecule has 1 amide bonds. The Bertz CT molecular complexity index is 1100. The van der Waals surface area contributed by atoms with Gasteiger partial charge < -0.3 is 14.2 Å². The molecule has 5 rings (SSSR count). The van der Waals surface area contributed by atoms with Gasteiger partial charge in [-0.3, -0.25) is 9.59 Å². The standard InChI is InChI=1S/C24H24N4O3/c1-16-22-19(14-18(15-20(22)29)17-6-3-2-4-7-17)26-24(25-16)28-11-9-27(10-12-28)23(30)21-8-5-13-31-21/h2-8,13,18H,9-12,14-15H2,1H3. The van der Waals surface area contributed by atoms with E-state index in [4.69, 9.17) is 9.40 Å². The van der Waals surface area contributed by atoms with Gasteiger partial charge in [0.05, 0.1) is 23.2 Å². The zero-order chi connectivity index (χ0) is 21.4. The molecule has 1 aliphatic carbocycles. The molecule has 1 saturated heterocycles. The summed E-state index contributed by atoms with van der Waals surface area (Å²) in [6.45, 7) is 4.32. The van der Waals surface area contributed by atoms with Crippen molar-refractivity contribution in [3.05, 3.63) is 77.0 Å². The predicted molar refractivity (Wildman–Crippen MR) is 115 cm³/mol. The number of aromatic nitrogens is 2. The van der Waals surface area contributed by atoms with Crippen molar-refractivity contribution in [3.8, 4) is 0 Å². The van der Waals surface area contributed by atoms with Crippen LogP contribution in [0.25, 0.3) is 0 Å². The van der Waals surface area contributed by atoms with Crippen molar-refractivity contribution in [1.82, 2.24) is 14.9 Å². The minimum atomic E-state index is -0.0940. The molecule has 0 radical (unpaired) electrons. The molecule has 1 unspecified atom stereocenters. The second kappa shape index (κ2) is 7.98. The van der Waals surface area contributed by atoms with E-state index in [-0.39, 0.29) is 17.6 Å². The molecule has 1 aliphatic heterocycles. The van der Waals surface area contributed by atoms with E-state index in [0.29, 0.717) is 49.9 Å². The first-order valence-electron chi connectivity index (χ1n) is 10.6. The van der Waals surface area contributed by atoms with Crippen molar-refractivity contribution < 1.29 is 14.0 Å². The van der Waals surface area contributed by atoms with Crippen LogP contribution in [0.5, 0.6) is 0 Å². The lowest BCUT2D eigenvalue weighted by atomic mass is 9.81. The third-order valence-corrected chi connectivity index (χ3v) is 6.16. The number of anilines is 1. The Kier molecular flexibility index (Phi) is 5.02. The van der Waals surface area contributed by atoms with Crippen LogP contribution in [0, 0.1) is 6.92 Å². The third kappa shape index (κ3) is 3.71. The van der Waals surface area contributed by atoms with Gasteiger partial charge in [0.25, 0.3) is 5.91 Å². The number of amides is 1. The van der Waals surface area contributed by atoms with Gasteiger partial charge in [0, 0.05) is 32.6 Å². The normalized spacial score (nSPS) is 18.7. The number of carbonyl (C=O) groups is 2. The summed E-state index contributed by atoms with van der Waals surface area (Å²) in [5, 5.41) is 0. The van der Waals surface area contributed by atoms with E-state index in [0.717, 1.165) is 17.8 Å². The second-order valence-electron chi connectivity index (χ2n) is 8.13. The van der Waals surface area contributed by atoms with Crippen LogP contribution in [0.15, 0.2) is 53.1 Å². The lowest BCUT2D eigenvalue weighted by molar-refractivity contribution is 0.0713. The lowest BCUT2D eigenvalue weighted by Crippen LogP contribution is -2.49. The highest BCUT2D eigenvalue weighted by Gasteiger charge is 2.31. The number of Topliss-reactive ketones (excluding diaryl/α,β-unsaturated/α-hetero) is 1. The molecule has 7 heteroatoms. The van der Waals surface area contributed by atoms with Crippen LogP contribution in [0.4, 0.5) is 5.95 Å². The maximum absolute atomic E-state index is 12.9. The number of nitrogens with zero attached hydrogens (tertiary/aromatic N) is 4. The summed E-state index contributed by atoms with van der Waals surface area (Å²) in [6.07, 6.45) is 2.74. The van der Waals surface area contributed by atoms with E-state index in [1.807, 2.05) is 25.1 Å². The Balaban J connectivity index is 1.34. The molecule has 3 aromatic rings. The maximum atomic E-state index is 12.9. The van der Waals surface area contributed by atoms with Gasteiger partial charge in [-0.15, -0.1) is 0 Å². The van der Waals surface area contributed by atoms with Crippen molar-refractivity contribution >= 4 is 17.6 Å². The van der Waals surface area contributed by atoms with Crippen LogP contribution in [-0.4, -0.2) is 52.7 Å². The number of hydrogen-bond donors (Lipinski definition) is 0. The summed E-state index contributed by atoms with van der Waals surface area (Å²) in [5.74, 6) is 1.17. The first kappa shape index (κ1) is 19.5. The molecule has 1 atom stereocenters. The number of fused-ring (bicyclic) bond motifs is 1. The molecular weight excluding hydrogens is 392 g/mol. The van der Waals surface area contributed by atoms with E-state index >= 15 is 0 Å². The van der Waals surface area contributed by atoms with Gasteiger partial charge in [0.15, 0.2) is 11.5 Å². The smallest absolute Gasteiger partial charge is 0.289 e. The molecule has 31 heavy (non-hydrogen) atoms. The molecule has 2 aliphatic rings. The van der Waals surface area contributed by atoms with Gasteiger partial charge >= 0.3 is 0 Å². The van der Waals surface area contributed by atoms with Crippen LogP contribution in [-0.2, 0) is 6.42 Å². The Morgan fingerprint density at radius 1 is 1.00 bits per heavy atom. The quantitative estimate of drug-likeness (QED) is 0.652. The van der Waals surface area contributed by atoms with Gasteiger partial charge in [-0.05, 0) is 37.0 Å². The summed E-state index contributed by atoms with van der Waals surface area (Å²) in [6, 6.07) is 13.6. The van der Waals surface area contributed by atoms with Crippen LogP contribution in [0.2, 0.25) is 0 Å². The minimum absolute atomic E-state index is 0.0940. The maximum Gasteiger partial charge on any atom is 0.289 e. The molecule has 0 saturated carbocycles. The fourth-order valence-corrected chi connectivity index (χ4v) is 4.53. The molecule has 0 bridgehead atoms. The summed E-state index contributed by atoms with van der Waals surface area (Å²) < 4.78 is 5.23. The van der Waals surface area contributed by atoms with Crippen molar-refractivity contribution in [2.24, 2.45) is 0 Å². The number of furan rings is 1. The van der Waals surface area contributed by atoms with Gasteiger partial charge in [-0.25, -0.2) is 9.97 Å². The number of ketones is 1. The van der Waals surface area contributed by atoms with E-state index in [1.165, 1.54) is 11.8 Å². The highest BCUT2D eigenvalue weighted by atomic mass is 16.3. The van der Waals surface area contributed by atoms with Gasteiger partial charge in [0.1, 0.15) is 0 Å². The van der Waals surface area contributed by atoms with E-state index in [9.17, 15) is 9.59 Å². The Hall–Kier alpha value is -3.48. The van der Waals surface area contributed by atoms with E-state index < -0.39 is 0 Å². The van der Waals surface area contributed by atoms with Crippen molar-refractivity contribution in [3.63, 3.8) is 0 Å².